The summed E-state index contributed by atoms with van der Waals surface area (Å²) in [6.07, 6.45) is 0.549. The maximum atomic E-state index is 11.1. The Balaban J connectivity index is 2.01. The number of nitrogens with one attached hydrogen (secondary N) is 1. The Morgan fingerprint density at radius 3 is 2.84 bits per heavy atom. The van der Waals surface area contributed by atoms with E-state index in [0.717, 1.165) is 5.56 Å². The average Bonchev–Trinajstić information content (AvgIpc) is 2.77. The molecular weight excluding hydrogens is 246 g/mol. The summed E-state index contributed by atoms with van der Waals surface area (Å²) in [5, 5.41) is 15.9. The van der Waals surface area contributed by atoms with E-state index in [1.807, 2.05) is 13.0 Å². The third kappa shape index (κ3) is 3.31. The molecule has 1 heterocycles. The molecule has 2 rings (SSSR count). The van der Waals surface area contributed by atoms with Crippen LogP contribution in [0.4, 0.5) is 5.69 Å². The number of benzene rings is 1. The van der Waals surface area contributed by atoms with Gasteiger partial charge in [-0.1, -0.05) is 16.8 Å². The molecule has 19 heavy (non-hydrogen) atoms. The van der Waals surface area contributed by atoms with Gasteiger partial charge >= 0.3 is 5.97 Å². The Bertz CT molecular complexity index is 593. The molecule has 0 saturated carbocycles. The standard InChI is InChI=1S/C13H15N3O3/c1-8-3-4-11(10(7-8)13(17)18)14-6-5-12-15-9(2)16-19-12/h3-4,7,14H,5-6H2,1-2H3,(H,17,18). The van der Waals surface area contributed by atoms with E-state index in [0.29, 0.717) is 30.4 Å². The van der Waals surface area contributed by atoms with E-state index in [2.05, 4.69) is 15.5 Å². The molecule has 6 heteroatoms. The fourth-order valence-electron chi connectivity index (χ4n) is 1.73. The Hall–Kier alpha value is -2.37. The van der Waals surface area contributed by atoms with E-state index in [4.69, 9.17) is 9.63 Å². The number of hydrogen-bond donors (Lipinski definition) is 2. The van der Waals surface area contributed by atoms with E-state index >= 15 is 0 Å². The van der Waals surface area contributed by atoms with Crippen molar-refractivity contribution in [3.63, 3.8) is 0 Å². The van der Waals surface area contributed by atoms with Crippen molar-refractivity contribution in [2.24, 2.45) is 0 Å². The summed E-state index contributed by atoms with van der Waals surface area (Å²) in [4.78, 5) is 15.2. The van der Waals surface area contributed by atoms with Crippen molar-refractivity contribution in [3.05, 3.63) is 41.0 Å². The number of anilines is 1. The molecule has 6 nitrogen and oxygen atoms in total. The van der Waals surface area contributed by atoms with E-state index < -0.39 is 5.97 Å². The predicted molar refractivity (Wildman–Crippen MR) is 69.4 cm³/mol. The van der Waals surface area contributed by atoms with Crippen LogP contribution in [0.5, 0.6) is 0 Å². The third-order valence-corrected chi connectivity index (χ3v) is 2.63. The minimum atomic E-state index is -0.945. The van der Waals surface area contributed by atoms with Crippen LogP contribution in [0.1, 0.15) is 27.6 Å². The fraction of sp³-hybridized carbons (Fsp3) is 0.308. The molecule has 100 valence electrons. The monoisotopic (exact) mass is 261 g/mol. The zero-order chi connectivity index (χ0) is 13.8. The largest absolute Gasteiger partial charge is 0.478 e. The molecule has 0 aliphatic heterocycles. The lowest BCUT2D eigenvalue weighted by Gasteiger charge is -2.09. The molecule has 2 N–H and O–H groups in total. The number of aromatic nitrogens is 2. The van der Waals surface area contributed by atoms with E-state index in [1.54, 1.807) is 19.1 Å². The molecule has 0 aliphatic rings. The smallest absolute Gasteiger partial charge is 0.337 e. The normalized spacial score (nSPS) is 10.4. The van der Waals surface area contributed by atoms with E-state index in [9.17, 15) is 4.79 Å². The molecule has 0 aliphatic carbocycles. The Morgan fingerprint density at radius 2 is 2.21 bits per heavy atom. The van der Waals surface area contributed by atoms with Gasteiger partial charge in [0.05, 0.1) is 5.56 Å². The lowest BCUT2D eigenvalue weighted by molar-refractivity contribution is 0.0698. The summed E-state index contributed by atoms with van der Waals surface area (Å²) in [6.45, 7) is 4.14. The highest BCUT2D eigenvalue weighted by molar-refractivity contribution is 5.94. The number of rotatable bonds is 5. The second-order valence-electron chi connectivity index (χ2n) is 4.27. The van der Waals surface area contributed by atoms with Gasteiger partial charge in [-0.25, -0.2) is 4.79 Å². The van der Waals surface area contributed by atoms with Crippen LogP contribution in [0.15, 0.2) is 22.7 Å². The Kier molecular flexibility index (Phi) is 3.79. The molecule has 1 aromatic carbocycles. The molecule has 0 fully saturated rings. The number of carbonyl (C=O) groups is 1. The summed E-state index contributed by atoms with van der Waals surface area (Å²) in [6, 6.07) is 5.27. The van der Waals surface area contributed by atoms with Crippen LogP contribution >= 0.6 is 0 Å². The van der Waals surface area contributed by atoms with Gasteiger partial charge in [-0.3, -0.25) is 0 Å². The van der Waals surface area contributed by atoms with Gasteiger partial charge in [-0.2, -0.15) is 4.98 Å². The van der Waals surface area contributed by atoms with Crippen molar-refractivity contribution < 1.29 is 14.4 Å². The van der Waals surface area contributed by atoms with Gasteiger partial charge in [0.15, 0.2) is 5.82 Å². The average molecular weight is 261 g/mol. The first-order valence-corrected chi connectivity index (χ1v) is 5.93. The number of aryl methyl sites for hydroxylation is 2. The lowest BCUT2D eigenvalue weighted by atomic mass is 10.1. The summed E-state index contributed by atoms with van der Waals surface area (Å²) < 4.78 is 4.98. The number of carboxylic acid groups (broad SMARTS) is 1. The highest BCUT2D eigenvalue weighted by Gasteiger charge is 2.10. The van der Waals surface area contributed by atoms with Gasteiger partial charge in [0.25, 0.3) is 0 Å². The van der Waals surface area contributed by atoms with Gasteiger partial charge in [0, 0.05) is 18.7 Å². The highest BCUT2D eigenvalue weighted by Crippen LogP contribution is 2.17. The minimum absolute atomic E-state index is 0.265. The second-order valence-corrected chi connectivity index (χ2v) is 4.27. The van der Waals surface area contributed by atoms with Crippen LogP contribution in [-0.2, 0) is 6.42 Å². The third-order valence-electron chi connectivity index (χ3n) is 2.63. The molecule has 0 amide bonds. The molecule has 0 spiro atoms. The maximum absolute atomic E-state index is 11.1. The molecule has 1 aromatic heterocycles. The zero-order valence-corrected chi connectivity index (χ0v) is 10.8. The van der Waals surface area contributed by atoms with Gasteiger partial charge < -0.3 is 14.9 Å². The van der Waals surface area contributed by atoms with Crippen molar-refractivity contribution in [2.75, 3.05) is 11.9 Å². The Morgan fingerprint density at radius 1 is 1.42 bits per heavy atom. The molecule has 2 aromatic rings. The number of hydrogen-bond acceptors (Lipinski definition) is 5. The Labute approximate surface area is 110 Å². The van der Waals surface area contributed by atoms with Crippen LogP contribution in [0, 0.1) is 13.8 Å². The predicted octanol–water partition coefficient (Wildman–Crippen LogP) is 2.04. The van der Waals surface area contributed by atoms with Gasteiger partial charge in [0.2, 0.25) is 5.89 Å². The van der Waals surface area contributed by atoms with E-state index in [1.165, 1.54) is 0 Å². The zero-order valence-electron chi connectivity index (χ0n) is 10.8. The van der Waals surface area contributed by atoms with E-state index in [-0.39, 0.29) is 5.56 Å². The first-order valence-electron chi connectivity index (χ1n) is 5.93. The quantitative estimate of drug-likeness (QED) is 0.856. The fourth-order valence-corrected chi connectivity index (χ4v) is 1.73. The maximum Gasteiger partial charge on any atom is 0.337 e. The molecule has 0 bridgehead atoms. The van der Waals surface area contributed by atoms with Crippen molar-refractivity contribution in [1.29, 1.82) is 0 Å². The summed E-state index contributed by atoms with van der Waals surface area (Å²) in [5.41, 5.74) is 1.77. The molecule has 0 radical (unpaired) electrons. The minimum Gasteiger partial charge on any atom is -0.478 e. The topological polar surface area (TPSA) is 88.3 Å². The first-order chi connectivity index (χ1) is 9.06. The van der Waals surface area contributed by atoms with Gasteiger partial charge in [-0.05, 0) is 26.0 Å². The van der Waals surface area contributed by atoms with Crippen LogP contribution in [0.25, 0.3) is 0 Å². The van der Waals surface area contributed by atoms with Crippen molar-refractivity contribution >= 4 is 11.7 Å². The van der Waals surface area contributed by atoms with Crippen LogP contribution in [-0.4, -0.2) is 27.8 Å². The number of carboxylic acids is 1. The van der Waals surface area contributed by atoms with Crippen LogP contribution < -0.4 is 5.32 Å². The van der Waals surface area contributed by atoms with Crippen molar-refractivity contribution in [3.8, 4) is 0 Å². The highest BCUT2D eigenvalue weighted by atomic mass is 16.5. The molecule has 0 saturated heterocycles. The molecular formula is C13H15N3O3. The molecule has 0 atom stereocenters. The number of nitrogens with zero attached hydrogens (tertiary/aromatic N) is 2. The SMILES string of the molecule is Cc1ccc(NCCc2nc(C)no2)c(C(=O)O)c1. The van der Waals surface area contributed by atoms with Crippen LogP contribution in [0.2, 0.25) is 0 Å². The second kappa shape index (κ2) is 5.51. The summed E-state index contributed by atoms with van der Waals surface area (Å²) in [7, 11) is 0. The van der Waals surface area contributed by atoms with Gasteiger partial charge in [-0.15, -0.1) is 0 Å². The van der Waals surface area contributed by atoms with Crippen molar-refractivity contribution in [2.45, 2.75) is 20.3 Å². The van der Waals surface area contributed by atoms with Gasteiger partial charge in [0.1, 0.15) is 0 Å². The first kappa shape index (κ1) is 13.1. The lowest BCUT2D eigenvalue weighted by Crippen LogP contribution is -2.10. The number of aromatic carboxylic acids is 1. The van der Waals surface area contributed by atoms with Crippen LogP contribution in [0.3, 0.4) is 0 Å². The van der Waals surface area contributed by atoms with Crippen molar-refractivity contribution in [1.82, 2.24) is 10.1 Å². The molecule has 0 unspecified atom stereocenters. The summed E-state index contributed by atoms with van der Waals surface area (Å²) in [5.74, 6) is 0.186. The summed E-state index contributed by atoms with van der Waals surface area (Å²) >= 11 is 0.